The largest absolute Gasteiger partial charge is 0.534 e. The molecule has 5 nitrogen and oxygen atoms in total. The Labute approximate surface area is 185 Å². The minimum atomic E-state index is -5.72. The van der Waals surface area contributed by atoms with Gasteiger partial charge in [0.05, 0.1) is 14.2 Å². The number of rotatable bonds is 8. The third-order valence-corrected chi connectivity index (χ3v) is 6.45. The van der Waals surface area contributed by atoms with Gasteiger partial charge in [-0.15, -0.1) is 0 Å². The maximum atomic E-state index is 12.9. The summed E-state index contributed by atoms with van der Waals surface area (Å²) in [4.78, 5) is 0. The highest BCUT2D eigenvalue weighted by Crippen LogP contribution is 2.42. The van der Waals surface area contributed by atoms with Crippen molar-refractivity contribution in [2.45, 2.75) is 37.6 Å². The number of halogens is 3. The fourth-order valence-corrected chi connectivity index (χ4v) is 4.58. The quantitative estimate of drug-likeness (QED) is 0.381. The summed E-state index contributed by atoms with van der Waals surface area (Å²) in [5, 5.41) is 0. The van der Waals surface area contributed by atoms with Crippen LogP contribution < -0.4 is 9.47 Å². The predicted molar refractivity (Wildman–Crippen MR) is 114 cm³/mol. The summed E-state index contributed by atoms with van der Waals surface area (Å²) in [5.41, 5.74) is -4.28. The standard InChI is InChI=1S/C23H25F3O5S/c1-29-19-8-3-6-17(12-19)14-22(15-18-7-4-9-20(13-18)30-2)11-5-10-21(16-22)31-32(27,28)23(24,25)26/h3-4,6-9,12-13,16H,5,10-11,14-15H2,1-2H3. The molecule has 174 valence electrons. The monoisotopic (exact) mass is 470 g/mol. The molecule has 1 aliphatic rings. The number of ether oxygens (including phenoxy) is 2. The van der Waals surface area contributed by atoms with Gasteiger partial charge in [0.15, 0.2) is 0 Å². The SMILES string of the molecule is COc1cccc(CC2(Cc3cccc(OC)c3)C=C(OS(=O)(=O)C(F)(F)F)CCC2)c1. The molecule has 32 heavy (non-hydrogen) atoms. The minimum Gasteiger partial charge on any atom is -0.497 e. The van der Waals surface area contributed by atoms with Crippen molar-refractivity contribution < 1.29 is 35.2 Å². The summed E-state index contributed by atoms with van der Waals surface area (Å²) in [6, 6.07) is 14.8. The van der Waals surface area contributed by atoms with Crippen molar-refractivity contribution >= 4 is 10.1 Å². The van der Waals surface area contributed by atoms with Crippen LogP contribution in [0.4, 0.5) is 13.2 Å². The first-order chi connectivity index (χ1) is 15.1. The lowest BCUT2D eigenvalue weighted by Crippen LogP contribution is -2.30. The first kappa shape index (κ1) is 24.0. The Morgan fingerprint density at radius 2 is 1.47 bits per heavy atom. The molecular weight excluding hydrogens is 445 g/mol. The summed E-state index contributed by atoms with van der Waals surface area (Å²) in [5.74, 6) is 1.14. The van der Waals surface area contributed by atoms with E-state index in [9.17, 15) is 21.6 Å². The molecule has 0 N–H and O–H groups in total. The molecule has 0 fully saturated rings. The first-order valence-corrected chi connectivity index (χ1v) is 11.4. The lowest BCUT2D eigenvalue weighted by molar-refractivity contribution is -0.0525. The first-order valence-electron chi connectivity index (χ1n) is 10.0. The fraction of sp³-hybridized carbons (Fsp3) is 0.391. The molecule has 0 saturated carbocycles. The molecule has 0 atom stereocenters. The third-order valence-electron chi connectivity index (χ3n) is 5.45. The van der Waals surface area contributed by atoms with E-state index in [-0.39, 0.29) is 12.2 Å². The molecule has 0 radical (unpaired) electrons. The van der Waals surface area contributed by atoms with E-state index in [1.54, 1.807) is 32.4 Å². The van der Waals surface area contributed by atoms with Crippen LogP contribution in [0.15, 0.2) is 60.4 Å². The molecule has 0 aromatic heterocycles. The second-order valence-electron chi connectivity index (χ2n) is 7.87. The molecule has 0 bridgehead atoms. The van der Waals surface area contributed by atoms with Crippen molar-refractivity contribution in [3.63, 3.8) is 0 Å². The van der Waals surface area contributed by atoms with Crippen molar-refractivity contribution in [1.82, 2.24) is 0 Å². The average Bonchev–Trinajstić information content (AvgIpc) is 2.73. The number of allylic oxidation sites excluding steroid dienone is 2. The van der Waals surface area contributed by atoms with Crippen LogP contribution in [0.1, 0.15) is 30.4 Å². The van der Waals surface area contributed by atoms with E-state index in [0.29, 0.717) is 37.2 Å². The Morgan fingerprint density at radius 3 is 1.94 bits per heavy atom. The van der Waals surface area contributed by atoms with Crippen LogP contribution in [0.5, 0.6) is 11.5 Å². The maximum Gasteiger partial charge on any atom is 0.534 e. The van der Waals surface area contributed by atoms with Gasteiger partial charge < -0.3 is 13.7 Å². The lowest BCUT2D eigenvalue weighted by atomic mass is 9.70. The van der Waals surface area contributed by atoms with Crippen molar-refractivity contribution in [2.24, 2.45) is 5.41 Å². The van der Waals surface area contributed by atoms with Gasteiger partial charge in [0.25, 0.3) is 0 Å². The Morgan fingerprint density at radius 1 is 0.938 bits per heavy atom. The van der Waals surface area contributed by atoms with Gasteiger partial charge in [0, 0.05) is 6.42 Å². The van der Waals surface area contributed by atoms with Gasteiger partial charge in [0.1, 0.15) is 17.3 Å². The number of hydrogen-bond acceptors (Lipinski definition) is 5. The maximum absolute atomic E-state index is 12.9. The normalized spacial score (nSPS) is 16.2. The van der Waals surface area contributed by atoms with Gasteiger partial charge in [-0.25, -0.2) is 0 Å². The Balaban J connectivity index is 2.00. The van der Waals surface area contributed by atoms with Gasteiger partial charge >= 0.3 is 15.6 Å². The summed E-state index contributed by atoms with van der Waals surface area (Å²) in [6.45, 7) is 0. The number of benzene rings is 2. The fourth-order valence-electron chi connectivity index (χ4n) is 4.07. The van der Waals surface area contributed by atoms with Crippen molar-refractivity contribution in [3.05, 3.63) is 71.5 Å². The molecule has 2 aromatic rings. The Bertz CT molecular complexity index is 1030. The topological polar surface area (TPSA) is 61.8 Å². The van der Waals surface area contributed by atoms with Gasteiger partial charge in [0.2, 0.25) is 0 Å². The zero-order valence-corrected chi connectivity index (χ0v) is 18.6. The number of methoxy groups -OCH3 is 2. The van der Waals surface area contributed by atoms with Crippen LogP contribution in [0, 0.1) is 5.41 Å². The molecule has 0 spiro atoms. The van der Waals surface area contributed by atoms with E-state index in [1.165, 1.54) is 0 Å². The van der Waals surface area contributed by atoms with Crippen LogP contribution in [-0.2, 0) is 27.1 Å². The van der Waals surface area contributed by atoms with Crippen LogP contribution in [0.3, 0.4) is 0 Å². The molecule has 2 aromatic carbocycles. The molecule has 0 unspecified atom stereocenters. The van der Waals surface area contributed by atoms with Gasteiger partial charge in [-0.2, -0.15) is 21.6 Å². The van der Waals surface area contributed by atoms with Crippen molar-refractivity contribution in [3.8, 4) is 11.5 Å². The number of alkyl halides is 3. The zero-order chi connectivity index (χ0) is 23.4. The minimum absolute atomic E-state index is 0.118. The highest BCUT2D eigenvalue weighted by molar-refractivity contribution is 7.87. The Hall–Kier alpha value is -2.68. The van der Waals surface area contributed by atoms with Crippen molar-refractivity contribution in [1.29, 1.82) is 0 Å². The van der Waals surface area contributed by atoms with E-state index in [2.05, 4.69) is 4.18 Å². The number of hydrogen-bond donors (Lipinski definition) is 0. The van der Waals surface area contributed by atoms with Crippen LogP contribution in [0.2, 0.25) is 0 Å². The van der Waals surface area contributed by atoms with Gasteiger partial charge in [-0.05, 0) is 72.6 Å². The molecule has 3 rings (SSSR count). The van der Waals surface area contributed by atoms with E-state index in [0.717, 1.165) is 11.1 Å². The lowest BCUT2D eigenvalue weighted by Gasteiger charge is -2.35. The van der Waals surface area contributed by atoms with Gasteiger partial charge in [-0.3, -0.25) is 0 Å². The summed E-state index contributed by atoms with van der Waals surface area (Å²) in [7, 11) is -2.61. The second kappa shape index (κ2) is 9.44. The average molecular weight is 471 g/mol. The molecule has 0 amide bonds. The van der Waals surface area contributed by atoms with Gasteiger partial charge in [-0.1, -0.05) is 24.3 Å². The smallest absolute Gasteiger partial charge is 0.497 e. The Kier molecular flexibility index (Phi) is 7.07. The van der Waals surface area contributed by atoms with Crippen molar-refractivity contribution in [2.75, 3.05) is 14.2 Å². The van der Waals surface area contributed by atoms with E-state index >= 15 is 0 Å². The molecule has 1 aliphatic carbocycles. The van der Waals surface area contributed by atoms with E-state index in [1.807, 2.05) is 36.4 Å². The summed E-state index contributed by atoms with van der Waals surface area (Å²) < 4.78 is 76.9. The second-order valence-corrected chi connectivity index (χ2v) is 9.40. The van der Waals surface area contributed by atoms with Crippen LogP contribution in [0.25, 0.3) is 0 Å². The van der Waals surface area contributed by atoms with Crippen LogP contribution >= 0.6 is 0 Å². The molecular formula is C23H25F3O5S. The van der Waals surface area contributed by atoms with E-state index < -0.39 is 21.0 Å². The molecule has 0 aliphatic heterocycles. The summed E-state index contributed by atoms with van der Waals surface area (Å²) in [6.07, 6.45) is 3.76. The zero-order valence-electron chi connectivity index (χ0n) is 17.8. The molecule has 9 heteroatoms. The molecule has 0 saturated heterocycles. The highest BCUT2D eigenvalue weighted by atomic mass is 32.2. The highest BCUT2D eigenvalue weighted by Gasteiger charge is 2.49. The van der Waals surface area contributed by atoms with Crippen LogP contribution in [-0.4, -0.2) is 28.1 Å². The summed E-state index contributed by atoms with van der Waals surface area (Å²) >= 11 is 0. The third kappa shape index (κ3) is 5.76. The van der Waals surface area contributed by atoms with E-state index in [4.69, 9.17) is 9.47 Å². The predicted octanol–water partition coefficient (Wildman–Crippen LogP) is 5.41. The molecule has 0 heterocycles.